The minimum Gasteiger partial charge on any atom is -0.352 e. The lowest BCUT2D eigenvalue weighted by Gasteiger charge is -2.34. The van der Waals surface area contributed by atoms with Crippen molar-refractivity contribution in [2.45, 2.75) is 31.2 Å². The molecule has 0 spiro atoms. The summed E-state index contributed by atoms with van der Waals surface area (Å²) in [6.45, 7) is 0. The highest BCUT2D eigenvalue weighted by Gasteiger charge is 2.46. The Labute approximate surface area is 191 Å². The fourth-order valence-corrected chi connectivity index (χ4v) is 5.45. The monoisotopic (exact) mass is 512 g/mol. The van der Waals surface area contributed by atoms with Gasteiger partial charge < -0.3 is 10.2 Å². The minimum absolute atomic E-state index is 0.0500. The molecule has 1 atom stereocenters. The van der Waals surface area contributed by atoms with Crippen LogP contribution in [0.1, 0.15) is 30.1 Å². The molecule has 1 saturated heterocycles. The summed E-state index contributed by atoms with van der Waals surface area (Å²) in [5.41, 5.74) is -1.62. The van der Waals surface area contributed by atoms with Gasteiger partial charge in [-0.2, -0.15) is 31.4 Å². The second kappa shape index (κ2) is 9.12. The van der Waals surface area contributed by atoms with Crippen molar-refractivity contribution in [2.75, 3.05) is 23.9 Å². The van der Waals surface area contributed by atoms with Crippen molar-refractivity contribution >= 4 is 27.1 Å². The Kier molecular flexibility index (Phi) is 6.93. The lowest BCUT2D eigenvalue weighted by atomic mass is 9.98. The summed E-state index contributed by atoms with van der Waals surface area (Å²) in [6.07, 6.45) is -8.69. The lowest BCUT2D eigenvalue weighted by Crippen LogP contribution is -2.44. The van der Waals surface area contributed by atoms with Gasteiger partial charge in [-0.3, -0.25) is 9.48 Å². The van der Waals surface area contributed by atoms with Gasteiger partial charge in [-0.15, -0.1) is 0 Å². The molecule has 1 unspecified atom stereocenters. The fourth-order valence-electron chi connectivity index (χ4n) is 3.95. The van der Waals surface area contributed by atoms with Crippen LogP contribution in [0.15, 0.2) is 30.5 Å². The molecule has 188 valence electrons. The quantitative estimate of drug-likeness (QED) is 0.611. The van der Waals surface area contributed by atoms with Crippen LogP contribution in [0.5, 0.6) is 0 Å². The van der Waals surface area contributed by atoms with E-state index < -0.39 is 45.8 Å². The number of alkyl halides is 6. The molecule has 14 heteroatoms. The van der Waals surface area contributed by atoms with E-state index in [1.165, 1.54) is 12.1 Å². The Morgan fingerprint density at radius 1 is 1.12 bits per heavy atom. The summed E-state index contributed by atoms with van der Waals surface area (Å²) in [5.74, 6) is -2.18. The number of carbonyl (C=O) groups is 1. The molecule has 3 rings (SSSR count). The molecule has 1 amide bonds. The molecule has 7 nitrogen and oxygen atoms in total. The molecule has 0 bridgehead atoms. The highest BCUT2D eigenvalue weighted by molar-refractivity contribution is 7.91. The third-order valence-electron chi connectivity index (χ3n) is 5.66. The fraction of sp³-hybridized carbons (Fsp3) is 0.500. The molecule has 1 aromatic heterocycles. The number of anilines is 2. The Hall–Kier alpha value is -2.77. The number of nitrogens with one attached hydrogen (secondary N) is 1. The van der Waals surface area contributed by atoms with E-state index in [2.05, 4.69) is 10.4 Å². The van der Waals surface area contributed by atoms with Crippen LogP contribution in [0.25, 0.3) is 0 Å². The molecule has 0 radical (unpaired) electrons. The summed E-state index contributed by atoms with van der Waals surface area (Å²) in [7, 11) is -1.18. The van der Waals surface area contributed by atoms with Crippen LogP contribution in [0, 0.1) is 5.92 Å². The molecule has 2 heterocycles. The smallest absolute Gasteiger partial charge is 0.352 e. The molecule has 1 aliphatic heterocycles. The number of hydrogen-bond acceptors (Lipinski definition) is 5. The van der Waals surface area contributed by atoms with E-state index in [1.807, 2.05) is 0 Å². The predicted octanol–water partition coefficient (Wildman–Crippen LogP) is 4.07. The summed E-state index contributed by atoms with van der Waals surface area (Å²) in [5, 5.41) is 6.05. The van der Waals surface area contributed by atoms with Crippen LogP contribution in [0.2, 0.25) is 0 Å². The number of hydrogen-bond donors (Lipinski definition) is 1. The standard InChI is InChI=1S/C20H22F6N4O3S/c1-29(18(31)13-7-9-34(32,33)10-8-13)16(19(21,22)23)12-3-5-14(6-4-12)28-15-11-27-30(2)17(15)20(24,25)26/h3-6,11,13,16,28H,7-10H2,1-2H3. The van der Waals surface area contributed by atoms with E-state index in [0.29, 0.717) is 9.58 Å². The van der Waals surface area contributed by atoms with Gasteiger partial charge in [-0.05, 0) is 30.5 Å². The predicted molar refractivity (Wildman–Crippen MR) is 111 cm³/mol. The highest BCUT2D eigenvalue weighted by Crippen LogP contribution is 2.40. The second-order valence-electron chi connectivity index (χ2n) is 8.09. The maximum absolute atomic E-state index is 13.9. The van der Waals surface area contributed by atoms with Gasteiger partial charge in [0.25, 0.3) is 0 Å². The maximum Gasteiger partial charge on any atom is 0.435 e. The maximum atomic E-state index is 13.9. The van der Waals surface area contributed by atoms with E-state index >= 15 is 0 Å². The largest absolute Gasteiger partial charge is 0.435 e. The third kappa shape index (κ3) is 5.65. The van der Waals surface area contributed by atoms with E-state index in [-0.39, 0.29) is 41.3 Å². The normalized spacial score (nSPS) is 17.9. The molecule has 0 saturated carbocycles. The zero-order valence-electron chi connectivity index (χ0n) is 18.1. The molecule has 1 fully saturated rings. The first kappa shape index (κ1) is 25.8. The van der Waals surface area contributed by atoms with Gasteiger partial charge in [-0.25, -0.2) is 8.42 Å². The molecule has 1 N–H and O–H groups in total. The number of amides is 1. The van der Waals surface area contributed by atoms with Crippen molar-refractivity contribution in [3.8, 4) is 0 Å². The molecular weight excluding hydrogens is 490 g/mol. The molecule has 1 aromatic carbocycles. The minimum atomic E-state index is -4.84. The number of aromatic nitrogens is 2. The summed E-state index contributed by atoms with van der Waals surface area (Å²) < 4.78 is 105. The first-order valence-corrected chi connectivity index (χ1v) is 11.9. The summed E-state index contributed by atoms with van der Waals surface area (Å²) >= 11 is 0. The number of benzene rings is 1. The Balaban J connectivity index is 1.82. The van der Waals surface area contributed by atoms with Crippen molar-refractivity contribution < 1.29 is 39.6 Å². The average molecular weight is 512 g/mol. The summed E-state index contributed by atoms with van der Waals surface area (Å²) in [6, 6.07) is 2.18. The Morgan fingerprint density at radius 2 is 1.68 bits per heavy atom. The topological polar surface area (TPSA) is 84.3 Å². The van der Waals surface area contributed by atoms with Gasteiger partial charge in [0.15, 0.2) is 11.7 Å². The second-order valence-corrected chi connectivity index (χ2v) is 10.4. The van der Waals surface area contributed by atoms with Gasteiger partial charge in [0.05, 0.1) is 23.4 Å². The van der Waals surface area contributed by atoms with Crippen LogP contribution in [-0.4, -0.2) is 53.7 Å². The molecule has 34 heavy (non-hydrogen) atoms. The molecular formula is C20H22F6N4O3S. The highest BCUT2D eigenvalue weighted by atomic mass is 32.2. The van der Waals surface area contributed by atoms with Crippen LogP contribution in [-0.2, 0) is 27.9 Å². The number of sulfone groups is 1. The number of carbonyl (C=O) groups excluding carboxylic acids is 1. The van der Waals surface area contributed by atoms with Crippen LogP contribution < -0.4 is 5.32 Å². The van der Waals surface area contributed by atoms with Crippen LogP contribution in [0.3, 0.4) is 0 Å². The third-order valence-corrected chi connectivity index (χ3v) is 7.38. The van der Waals surface area contributed by atoms with Crippen molar-refractivity contribution in [3.05, 3.63) is 41.7 Å². The average Bonchev–Trinajstić information content (AvgIpc) is 3.08. The zero-order valence-corrected chi connectivity index (χ0v) is 18.9. The molecule has 1 aliphatic rings. The van der Waals surface area contributed by atoms with Gasteiger partial charge >= 0.3 is 12.4 Å². The van der Waals surface area contributed by atoms with Gasteiger partial charge in [0.1, 0.15) is 9.84 Å². The molecule has 2 aromatic rings. The van der Waals surface area contributed by atoms with Gasteiger partial charge in [0.2, 0.25) is 5.91 Å². The summed E-state index contributed by atoms with van der Waals surface area (Å²) in [4.78, 5) is 13.3. The van der Waals surface area contributed by atoms with E-state index in [0.717, 1.165) is 32.4 Å². The SMILES string of the molecule is CN(C(=O)C1CCS(=O)(=O)CC1)C(c1ccc(Nc2cnn(C)c2C(F)(F)F)cc1)C(F)(F)F. The van der Waals surface area contributed by atoms with E-state index in [9.17, 15) is 39.6 Å². The van der Waals surface area contributed by atoms with E-state index in [1.54, 1.807) is 0 Å². The van der Waals surface area contributed by atoms with E-state index in [4.69, 9.17) is 0 Å². The first-order valence-electron chi connectivity index (χ1n) is 10.1. The van der Waals surface area contributed by atoms with Crippen LogP contribution >= 0.6 is 0 Å². The molecule has 0 aliphatic carbocycles. The van der Waals surface area contributed by atoms with Gasteiger partial charge in [-0.1, -0.05) is 12.1 Å². The lowest BCUT2D eigenvalue weighted by molar-refractivity contribution is -0.190. The Bertz CT molecular complexity index is 1130. The first-order chi connectivity index (χ1) is 15.6. The van der Waals surface area contributed by atoms with Crippen molar-refractivity contribution in [2.24, 2.45) is 13.0 Å². The number of rotatable bonds is 5. The zero-order chi connectivity index (χ0) is 25.5. The number of halogens is 6. The van der Waals surface area contributed by atoms with Gasteiger partial charge in [0, 0.05) is 25.7 Å². The number of nitrogens with zero attached hydrogens (tertiary/aromatic N) is 3. The van der Waals surface area contributed by atoms with Crippen molar-refractivity contribution in [1.82, 2.24) is 14.7 Å². The van der Waals surface area contributed by atoms with Crippen molar-refractivity contribution in [1.29, 1.82) is 0 Å². The van der Waals surface area contributed by atoms with Crippen molar-refractivity contribution in [3.63, 3.8) is 0 Å². The number of aryl methyl sites for hydroxylation is 1. The Morgan fingerprint density at radius 3 is 2.18 bits per heavy atom. The van der Waals surface area contributed by atoms with Crippen LogP contribution in [0.4, 0.5) is 37.7 Å².